The predicted octanol–water partition coefficient (Wildman–Crippen LogP) is 5.18. The van der Waals surface area contributed by atoms with Crippen molar-refractivity contribution in [1.82, 2.24) is 0 Å². The van der Waals surface area contributed by atoms with Gasteiger partial charge in [0, 0.05) is 11.3 Å². The fraction of sp³-hybridized carbons (Fsp3) is 0.478. The minimum absolute atomic E-state index is 0.188. The van der Waals surface area contributed by atoms with Crippen molar-refractivity contribution in [3.05, 3.63) is 52.6 Å². The van der Waals surface area contributed by atoms with Crippen LogP contribution in [-0.4, -0.2) is 37.4 Å². The Morgan fingerprint density at radius 3 is 2.40 bits per heavy atom. The molecule has 30 heavy (non-hydrogen) atoms. The molecule has 1 N–H and O–H groups in total. The van der Waals surface area contributed by atoms with Gasteiger partial charge in [-0.1, -0.05) is 17.7 Å². The quantitative estimate of drug-likeness (QED) is 0.654. The van der Waals surface area contributed by atoms with Crippen LogP contribution >= 0.6 is 10.3 Å². The molecule has 0 aromatic heterocycles. The Bertz CT molecular complexity index is 1040. The van der Waals surface area contributed by atoms with Crippen LogP contribution in [-0.2, 0) is 20.2 Å². The second kappa shape index (κ2) is 8.09. The average Bonchev–Trinajstić information content (AvgIpc) is 2.64. The summed E-state index contributed by atoms with van der Waals surface area (Å²) in [5, 5.41) is 10.2. The second-order valence-electron chi connectivity index (χ2n) is 8.92. The van der Waals surface area contributed by atoms with Crippen LogP contribution in [0.15, 0.2) is 35.2 Å². The number of hydrogen-bond donors (Lipinski definition) is 1. The van der Waals surface area contributed by atoms with Crippen molar-refractivity contribution in [2.24, 2.45) is 0 Å². The lowest BCUT2D eigenvalue weighted by Crippen LogP contribution is -2.38. The van der Waals surface area contributed by atoms with Crippen LogP contribution in [0.5, 0.6) is 11.5 Å². The highest BCUT2D eigenvalue weighted by atomic mass is 32.3. The number of phenols is 1. The van der Waals surface area contributed by atoms with Crippen LogP contribution in [0.1, 0.15) is 42.0 Å². The van der Waals surface area contributed by atoms with E-state index in [2.05, 4.69) is 6.92 Å². The molecule has 3 rings (SSSR count). The molecule has 1 heterocycles. The molecule has 2 aromatic carbocycles. The number of phenolic OH excluding ortho intramolecular Hbond substituents is 1. The SMILES string of the molecule is Cc1ccc(S(=O)(=O)OS(C)(C)CCC2(C)CCc3c(cc(C)c(O)c3C)O2)cc1. The first-order valence-electron chi connectivity index (χ1n) is 10.1. The number of hydrogen-bond acceptors (Lipinski definition) is 5. The van der Waals surface area contributed by atoms with E-state index in [1.54, 1.807) is 24.3 Å². The summed E-state index contributed by atoms with van der Waals surface area (Å²) in [5.41, 5.74) is 3.34. The first kappa shape index (κ1) is 23.0. The number of benzene rings is 2. The summed E-state index contributed by atoms with van der Waals surface area (Å²) in [5.74, 6) is 1.76. The zero-order chi connectivity index (χ0) is 22.3. The molecule has 0 saturated carbocycles. The lowest BCUT2D eigenvalue weighted by atomic mass is 9.88. The smallest absolute Gasteiger partial charge is 0.306 e. The van der Waals surface area contributed by atoms with E-state index in [-0.39, 0.29) is 4.90 Å². The van der Waals surface area contributed by atoms with Crippen LogP contribution in [0.4, 0.5) is 0 Å². The molecule has 2 aromatic rings. The molecule has 0 amide bonds. The van der Waals surface area contributed by atoms with Gasteiger partial charge in [-0.3, -0.25) is 0 Å². The van der Waals surface area contributed by atoms with Crippen molar-refractivity contribution in [3.63, 3.8) is 0 Å². The standard InChI is InChI=1S/C23H32O5S2/c1-16-7-9-19(10-8-16)30(25,26)28-29(5,6)14-13-23(4)12-11-20-18(3)22(24)17(2)15-21(20)27-23/h7-10,15,24H,11-14H2,1-6H3. The van der Waals surface area contributed by atoms with Gasteiger partial charge >= 0.3 is 10.1 Å². The average molecular weight is 453 g/mol. The molecule has 1 unspecified atom stereocenters. The molecule has 1 aliphatic heterocycles. The third-order valence-electron chi connectivity index (χ3n) is 5.79. The van der Waals surface area contributed by atoms with Gasteiger partial charge in [0.05, 0.1) is 4.90 Å². The van der Waals surface area contributed by atoms with E-state index >= 15 is 0 Å². The Morgan fingerprint density at radius 2 is 1.77 bits per heavy atom. The Kier molecular flexibility index (Phi) is 6.20. The van der Waals surface area contributed by atoms with Crippen molar-refractivity contribution >= 4 is 20.4 Å². The van der Waals surface area contributed by atoms with Crippen molar-refractivity contribution in [3.8, 4) is 11.5 Å². The number of aromatic hydroxyl groups is 1. The van der Waals surface area contributed by atoms with Gasteiger partial charge < -0.3 is 9.84 Å². The third kappa shape index (κ3) is 4.95. The Hall–Kier alpha value is -1.70. The maximum Gasteiger partial charge on any atom is 0.306 e. The molecule has 1 aliphatic rings. The Labute approximate surface area is 182 Å². The topological polar surface area (TPSA) is 72.8 Å². The summed E-state index contributed by atoms with van der Waals surface area (Å²) in [7, 11) is -5.65. The van der Waals surface area contributed by atoms with Crippen LogP contribution < -0.4 is 4.74 Å². The number of rotatable bonds is 6. The van der Waals surface area contributed by atoms with Crippen LogP contribution in [0.2, 0.25) is 0 Å². The summed E-state index contributed by atoms with van der Waals surface area (Å²) in [6.45, 7) is 7.77. The summed E-state index contributed by atoms with van der Waals surface area (Å²) < 4.78 is 37.4. The van der Waals surface area contributed by atoms with Gasteiger partial charge in [-0.05, 0) is 88.8 Å². The van der Waals surface area contributed by atoms with Crippen molar-refractivity contribution in [2.45, 2.75) is 57.5 Å². The maximum absolute atomic E-state index is 12.7. The van der Waals surface area contributed by atoms with E-state index in [0.717, 1.165) is 40.8 Å². The summed E-state index contributed by atoms with van der Waals surface area (Å²) in [4.78, 5) is 0.188. The predicted molar refractivity (Wildman–Crippen MR) is 123 cm³/mol. The van der Waals surface area contributed by atoms with Gasteiger partial charge in [0.1, 0.15) is 17.1 Å². The molecular formula is C23H32O5S2. The minimum Gasteiger partial charge on any atom is -0.507 e. The molecule has 0 fully saturated rings. The van der Waals surface area contributed by atoms with Crippen molar-refractivity contribution in [1.29, 1.82) is 0 Å². The Morgan fingerprint density at radius 1 is 1.13 bits per heavy atom. The zero-order valence-electron chi connectivity index (χ0n) is 18.6. The number of ether oxygens (including phenoxy) is 1. The highest BCUT2D eigenvalue weighted by molar-refractivity contribution is 8.32. The monoisotopic (exact) mass is 452 g/mol. The molecule has 0 saturated heterocycles. The number of aryl methyl sites for hydroxylation is 2. The van der Waals surface area contributed by atoms with E-state index in [4.69, 9.17) is 8.37 Å². The first-order valence-corrected chi connectivity index (χ1v) is 14.0. The van der Waals surface area contributed by atoms with Crippen molar-refractivity contribution < 1.29 is 21.9 Å². The lowest BCUT2D eigenvalue weighted by Gasteiger charge is -2.39. The summed E-state index contributed by atoms with van der Waals surface area (Å²) >= 11 is 0. The second-order valence-corrected chi connectivity index (χ2v) is 14.1. The van der Waals surface area contributed by atoms with Gasteiger partial charge in [0.25, 0.3) is 0 Å². The minimum atomic E-state index is -3.80. The lowest BCUT2D eigenvalue weighted by molar-refractivity contribution is 0.0615. The van der Waals surface area contributed by atoms with E-state index in [1.165, 1.54) is 0 Å². The molecule has 1 atom stereocenters. The summed E-state index contributed by atoms with van der Waals surface area (Å²) in [6.07, 6.45) is 6.08. The van der Waals surface area contributed by atoms with Crippen LogP contribution in [0, 0.1) is 20.8 Å². The highest BCUT2D eigenvalue weighted by Crippen LogP contribution is 2.48. The molecule has 0 spiro atoms. The van der Waals surface area contributed by atoms with Gasteiger partial charge in [-0.2, -0.15) is 8.42 Å². The van der Waals surface area contributed by atoms with Crippen molar-refractivity contribution in [2.75, 3.05) is 18.3 Å². The van der Waals surface area contributed by atoms with E-state index in [9.17, 15) is 13.5 Å². The molecule has 7 heteroatoms. The highest BCUT2D eigenvalue weighted by Gasteiger charge is 2.35. The normalized spacial score (nSPS) is 19.8. The summed E-state index contributed by atoms with van der Waals surface area (Å²) in [6, 6.07) is 8.61. The van der Waals surface area contributed by atoms with Crippen LogP contribution in [0.3, 0.4) is 0 Å². The molecule has 0 bridgehead atoms. The van der Waals surface area contributed by atoms with Gasteiger partial charge in [-0.25, -0.2) is 3.63 Å². The fourth-order valence-electron chi connectivity index (χ4n) is 3.74. The molecular weight excluding hydrogens is 420 g/mol. The first-order chi connectivity index (χ1) is 13.8. The third-order valence-corrected chi connectivity index (χ3v) is 10.0. The van der Waals surface area contributed by atoms with Gasteiger partial charge in [0.2, 0.25) is 0 Å². The largest absolute Gasteiger partial charge is 0.507 e. The molecule has 0 aliphatic carbocycles. The number of fused-ring (bicyclic) bond motifs is 1. The van der Waals surface area contributed by atoms with E-state index in [0.29, 0.717) is 17.9 Å². The molecule has 5 nitrogen and oxygen atoms in total. The van der Waals surface area contributed by atoms with Gasteiger partial charge in [0.15, 0.2) is 0 Å². The zero-order valence-corrected chi connectivity index (χ0v) is 20.2. The fourth-order valence-corrected chi connectivity index (χ4v) is 7.66. The maximum atomic E-state index is 12.7. The van der Waals surface area contributed by atoms with E-state index in [1.807, 2.05) is 39.3 Å². The van der Waals surface area contributed by atoms with Gasteiger partial charge in [-0.15, -0.1) is 10.3 Å². The molecule has 166 valence electrons. The Balaban J connectivity index is 1.70. The van der Waals surface area contributed by atoms with E-state index < -0.39 is 26.0 Å². The van der Waals surface area contributed by atoms with Crippen LogP contribution in [0.25, 0.3) is 0 Å². The molecule has 0 radical (unpaired) electrons.